The van der Waals surface area contributed by atoms with Crippen molar-refractivity contribution in [3.05, 3.63) is 17.5 Å². The number of nitrogens with zero attached hydrogens (tertiary/aromatic N) is 4. The molecule has 9 nitrogen and oxygen atoms in total. The fourth-order valence-corrected chi connectivity index (χ4v) is 5.39. The van der Waals surface area contributed by atoms with Gasteiger partial charge in [0.15, 0.2) is 11.5 Å². The van der Waals surface area contributed by atoms with Crippen LogP contribution >= 0.6 is 0 Å². The molecular formula is C17H26N4O5S. The zero-order valence-electron chi connectivity index (χ0n) is 16.2. The van der Waals surface area contributed by atoms with Crippen molar-refractivity contribution in [2.75, 3.05) is 26.9 Å². The molecule has 150 valence electrons. The Bertz CT molecular complexity index is 847. The maximum atomic E-state index is 13.0. The lowest BCUT2D eigenvalue weighted by molar-refractivity contribution is -0.129. The van der Waals surface area contributed by atoms with Crippen molar-refractivity contribution < 1.29 is 22.5 Å². The van der Waals surface area contributed by atoms with Crippen LogP contribution in [0.25, 0.3) is 0 Å². The minimum absolute atomic E-state index is 0.0910. The number of carbonyl (C=O) groups is 2. The zero-order chi connectivity index (χ0) is 20.1. The quantitative estimate of drug-likeness (QED) is 0.707. The summed E-state index contributed by atoms with van der Waals surface area (Å²) in [5.41, 5.74) is 0.181. The van der Waals surface area contributed by atoms with Crippen LogP contribution in [0.15, 0.2) is 10.6 Å². The Labute approximate surface area is 159 Å². The van der Waals surface area contributed by atoms with E-state index in [2.05, 4.69) is 5.16 Å². The second kappa shape index (κ2) is 6.90. The normalized spacial score (nSPS) is 25.7. The zero-order valence-corrected chi connectivity index (χ0v) is 17.1. The third kappa shape index (κ3) is 3.47. The first-order chi connectivity index (χ1) is 12.5. The van der Waals surface area contributed by atoms with Gasteiger partial charge in [-0.05, 0) is 26.4 Å². The van der Waals surface area contributed by atoms with Crippen LogP contribution in [-0.2, 0) is 21.4 Å². The average molecular weight is 398 g/mol. The summed E-state index contributed by atoms with van der Waals surface area (Å²) < 4.78 is 30.6. The van der Waals surface area contributed by atoms with Crippen molar-refractivity contribution >= 4 is 21.8 Å². The van der Waals surface area contributed by atoms with E-state index in [0.717, 1.165) is 10.6 Å². The molecule has 0 saturated carbocycles. The summed E-state index contributed by atoms with van der Waals surface area (Å²) in [4.78, 5) is 29.3. The maximum absolute atomic E-state index is 13.0. The smallest absolute Gasteiger partial charge is 0.276 e. The van der Waals surface area contributed by atoms with Gasteiger partial charge >= 0.3 is 0 Å². The van der Waals surface area contributed by atoms with Crippen LogP contribution in [0.5, 0.6) is 0 Å². The van der Waals surface area contributed by atoms with Gasteiger partial charge in [0.05, 0.1) is 30.8 Å². The minimum atomic E-state index is -3.69. The van der Waals surface area contributed by atoms with E-state index < -0.39 is 33.9 Å². The van der Waals surface area contributed by atoms with Crippen molar-refractivity contribution in [1.82, 2.24) is 19.3 Å². The van der Waals surface area contributed by atoms with E-state index in [-0.39, 0.29) is 17.5 Å². The monoisotopic (exact) mass is 398 g/mol. The number of likely N-dealkylation sites (tertiary alicyclic amines) is 1. The third-order valence-corrected chi connectivity index (χ3v) is 6.34. The molecule has 1 aromatic rings. The predicted octanol–water partition coefficient (Wildman–Crippen LogP) is 0.393. The first-order valence-corrected chi connectivity index (χ1v) is 10.8. The van der Waals surface area contributed by atoms with Gasteiger partial charge in [0, 0.05) is 12.6 Å². The molecule has 1 aromatic heterocycles. The van der Waals surface area contributed by atoms with Crippen LogP contribution in [0.4, 0.5) is 0 Å². The molecule has 3 atom stereocenters. The summed E-state index contributed by atoms with van der Waals surface area (Å²) >= 11 is 0. The van der Waals surface area contributed by atoms with E-state index in [9.17, 15) is 18.0 Å². The first kappa shape index (κ1) is 19.8. The van der Waals surface area contributed by atoms with Gasteiger partial charge in [-0.1, -0.05) is 19.0 Å². The summed E-state index contributed by atoms with van der Waals surface area (Å²) in [6.45, 7) is 4.64. The molecule has 0 N–H and O–H groups in total. The van der Waals surface area contributed by atoms with Gasteiger partial charge in [0.2, 0.25) is 15.9 Å². The van der Waals surface area contributed by atoms with E-state index in [1.807, 2.05) is 32.8 Å². The van der Waals surface area contributed by atoms with Crippen LogP contribution in [0, 0.1) is 11.8 Å². The Hall–Kier alpha value is -1.94. The standard InChI is InChI=1S/C17H26N4O5S/c1-10(2)14-15-13(21(17(14)23)27(5,24)25)6-7-20(15)16(22)12-8-11(26-18-12)9-19(3)4/h8,10,13-15H,6-7,9H2,1-5H3/t13-,14+,15-/m0/s1. The fraction of sp³-hybridized carbons (Fsp3) is 0.706. The number of fused-ring (bicyclic) bond motifs is 1. The molecule has 3 heterocycles. The summed E-state index contributed by atoms with van der Waals surface area (Å²) in [7, 11) is 0.0730. The molecule has 0 aliphatic carbocycles. The van der Waals surface area contributed by atoms with Crippen molar-refractivity contribution in [2.45, 2.75) is 38.9 Å². The fourth-order valence-electron chi connectivity index (χ4n) is 4.22. The molecule has 2 amide bonds. The van der Waals surface area contributed by atoms with Gasteiger partial charge in [-0.2, -0.15) is 0 Å². The van der Waals surface area contributed by atoms with Gasteiger partial charge < -0.3 is 14.3 Å². The highest BCUT2D eigenvalue weighted by Gasteiger charge is 2.58. The molecule has 2 saturated heterocycles. The number of sulfonamides is 1. The van der Waals surface area contributed by atoms with Crippen molar-refractivity contribution in [3.63, 3.8) is 0 Å². The summed E-state index contributed by atoms with van der Waals surface area (Å²) in [5.74, 6) is -0.825. The number of hydrogen-bond acceptors (Lipinski definition) is 7. The van der Waals surface area contributed by atoms with E-state index in [1.54, 1.807) is 11.0 Å². The van der Waals surface area contributed by atoms with Crippen molar-refractivity contribution in [1.29, 1.82) is 0 Å². The lowest BCUT2D eigenvalue weighted by Crippen LogP contribution is -2.44. The van der Waals surface area contributed by atoms with Gasteiger partial charge in [0.1, 0.15) is 0 Å². The van der Waals surface area contributed by atoms with E-state index in [0.29, 0.717) is 25.3 Å². The largest absolute Gasteiger partial charge is 0.359 e. The second-order valence-electron chi connectivity index (χ2n) is 7.93. The first-order valence-electron chi connectivity index (χ1n) is 8.97. The molecule has 2 aliphatic rings. The number of hydrogen-bond donors (Lipinski definition) is 0. The number of aromatic nitrogens is 1. The molecule has 10 heteroatoms. The van der Waals surface area contributed by atoms with E-state index in [4.69, 9.17) is 4.52 Å². The predicted molar refractivity (Wildman–Crippen MR) is 97.1 cm³/mol. The lowest BCUT2D eigenvalue weighted by Gasteiger charge is -2.28. The molecule has 2 aliphatic heterocycles. The highest BCUT2D eigenvalue weighted by atomic mass is 32.2. The SMILES string of the molecule is CC(C)[C@H]1C(=O)N(S(C)(=O)=O)[C@H]2CCN(C(=O)c3cc(CN(C)C)on3)[C@H]12. The summed E-state index contributed by atoms with van der Waals surface area (Å²) in [5, 5.41) is 3.87. The highest BCUT2D eigenvalue weighted by Crippen LogP contribution is 2.41. The molecule has 2 fully saturated rings. The molecule has 0 radical (unpaired) electrons. The second-order valence-corrected chi connectivity index (χ2v) is 9.79. The topological polar surface area (TPSA) is 104 Å². The van der Waals surface area contributed by atoms with E-state index in [1.165, 1.54) is 0 Å². The Morgan fingerprint density at radius 1 is 1.41 bits per heavy atom. The molecule has 0 spiro atoms. The molecule has 0 bridgehead atoms. The molecule has 0 unspecified atom stereocenters. The van der Waals surface area contributed by atoms with Gasteiger partial charge in [0.25, 0.3) is 5.91 Å². The van der Waals surface area contributed by atoms with Crippen molar-refractivity contribution in [2.24, 2.45) is 11.8 Å². The van der Waals surface area contributed by atoms with Crippen LogP contribution < -0.4 is 0 Å². The molecule has 27 heavy (non-hydrogen) atoms. The maximum Gasteiger partial charge on any atom is 0.276 e. The average Bonchev–Trinajstić information content (AvgIpc) is 3.18. The Kier molecular flexibility index (Phi) is 5.06. The number of amides is 2. The number of carbonyl (C=O) groups excluding carboxylic acids is 2. The Morgan fingerprint density at radius 3 is 2.63 bits per heavy atom. The Morgan fingerprint density at radius 2 is 2.07 bits per heavy atom. The van der Waals surface area contributed by atoms with Crippen LogP contribution in [0.3, 0.4) is 0 Å². The summed E-state index contributed by atoms with van der Waals surface area (Å²) in [6, 6.07) is 0.608. The molecular weight excluding hydrogens is 372 g/mol. The van der Waals surface area contributed by atoms with Gasteiger partial charge in [-0.15, -0.1) is 0 Å². The van der Waals surface area contributed by atoms with Crippen LogP contribution in [0.1, 0.15) is 36.5 Å². The van der Waals surface area contributed by atoms with Gasteiger partial charge in [-0.3, -0.25) is 9.59 Å². The minimum Gasteiger partial charge on any atom is -0.359 e. The highest BCUT2D eigenvalue weighted by molar-refractivity contribution is 7.88. The van der Waals surface area contributed by atoms with Crippen LogP contribution in [0.2, 0.25) is 0 Å². The number of rotatable bonds is 5. The van der Waals surface area contributed by atoms with Crippen LogP contribution in [-0.4, -0.2) is 78.5 Å². The molecule has 0 aromatic carbocycles. The van der Waals surface area contributed by atoms with Gasteiger partial charge in [-0.25, -0.2) is 12.7 Å². The van der Waals surface area contributed by atoms with Crippen molar-refractivity contribution in [3.8, 4) is 0 Å². The molecule has 3 rings (SSSR count). The Balaban J connectivity index is 1.91. The third-order valence-electron chi connectivity index (χ3n) is 5.18. The van der Waals surface area contributed by atoms with E-state index >= 15 is 0 Å². The summed E-state index contributed by atoms with van der Waals surface area (Å²) in [6.07, 6.45) is 1.47. The lowest BCUT2D eigenvalue weighted by atomic mass is 9.88.